The van der Waals surface area contributed by atoms with Crippen molar-refractivity contribution in [3.8, 4) is 0 Å². The van der Waals surface area contributed by atoms with Crippen molar-refractivity contribution >= 4 is 17.3 Å². The summed E-state index contributed by atoms with van der Waals surface area (Å²) < 4.78 is 38.5. The SMILES string of the molecule is O=C(Cc1ccccc1[N+](=O)[O-])NNc1ccccc1C(F)(F)F. The number of carbonyl (C=O) groups is 1. The summed E-state index contributed by atoms with van der Waals surface area (Å²) in [4.78, 5) is 22.1. The van der Waals surface area contributed by atoms with Crippen molar-refractivity contribution in [2.75, 3.05) is 5.43 Å². The molecule has 0 heterocycles. The van der Waals surface area contributed by atoms with Crippen molar-refractivity contribution in [2.45, 2.75) is 12.6 Å². The van der Waals surface area contributed by atoms with Gasteiger partial charge < -0.3 is 0 Å². The number of amides is 1. The number of hydrogen-bond acceptors (Lipinski definition) is 4. The van der Waals surface area contributed by atoms with Crippen molar-refractivity contribution in [1.82, 2.24) is 5.43 Å². The van der Waals surface area contributed by atoms with Gasteiger partial charge in [0.05, 0.1) is 22.6 Å². The Kier molecular flexibility index (Phi) is 5.02. The Balaban J connectivity index is 2.07. The molecule has 2 N–H and O–H groups in total. The number of hydrazine groups is 1. The Labute approximate surface area is 134 Å². The van der Waals surface area contributed by atoms with E-state index in [1.165, 1.54) is 36.4 Å². The molecule has 126 valence electrons. The van der Waals surface area contributed by atoms with Gasteiger partial charge in [-0.05, 0) is 12.1 Å². The predicted molar refractivity (Wildman–Crippen MR) is 80.0 cm³/mol. The molecule has 2 aromatic carbocycles. The van der Waals surface area contributed by atoms with Crippen LogP contribution in [0.25, 0.3) is 0 Å². The first-order valence-corrected chi connectivity index (χ1v) is 6.72. The van der Waals surface area contributed by atoms with Gasteiger partial charge in [-0.3, -0.25) is 25.8 Å². The Morgan fingerprint density at radius 1 is 1.08 bits per heavy atom. The summed E-state index contributed by atoms with van der Waals surface area (Å²) in [6, 6.07) is 10.3. The number of hydrogen-bond donors (Lipinski definition) is 2. The fourth-order valence-corrected chi connectivity index (χ4v) is 2.03. The van der Waals surface area contributed by atoms with Gasteiger partial charge in [0.2, 0.25) is 5.91 Å². The lowest BCUT2D eigenvalue weighted by atomic mass is 10.1. The number of carbonyl (C=O) groups excluding carboxylic acids is 1. The average Bonchev–Trinajstić information content (AvgIpc) is 2.52. The van der Waals surface area contributed by atoms with Crippen molar-refractivity contribution in [2.24, 2.45) is 0 Å². The zero-order valence-electron chi connectivity index (χ0n) is 12.1. The maximum absolute atomic E-state index is 12.8. The summed E-state index contributed by atoms with van der Waals surface area (Å²) in [6.07, 6.45) is -4.93. The molecule has 2 rings (SSSR count). The van der Waals surface area contributed by atoms with Crippen LogP contribution in [0.4, 0.5) is 24.5 Å². The van der Waals surface area contributed by atoms with Crippen LogP contribution < -0.4 is 10.9 Å². The number of benzene rings is 2. The third-order valence-corrected chi connectivity index (χ3v) is 3.11. The maximum Gasteiger partial charge on any atom is 0.418 e. The minimum Gasteiger partial charge on any atom is -0.298 e. The highest BCUT2D eigenvalue weighted by atomic mass is 19.4. The largest absolute Gasteiger partial charge is 0.418 e. The van der Waals surface area contributed by atoms with Crippen LogP contribution in [0, 0.1) is 10.1 Å². The molecule has 0 aliphatic carbocycles. The molecule has 24 heavy (non-hydrogen) atoms. The number of para-hydroxylation sites is 2. The standard InChI is InChI=1S/C15H12F3N3O3/c16-15(17,18)11-6-2-3-7-12(11)19-20-14(22)9-10-5-1-4-8-13(10)21(23)24/h1-8,19H,9H2,(H,20,22). The molecule has 0 bridgehead atoms. The zero-order chi connectivity index (χ0) is 17.7. The first kappa shape index (κ1) is 17.3. The molecule has 0 atom stereocenters. The molecule has 9 heteroatoms. The van der Waals surface area contributed by atoms with Gasteiger partial charge in [-0.15, -0.1) is 0 Å². The van der Waals surface area contributed by atoms with Gasteiger partial charge in [-0.1, -0.05) is 30.3 Å². The lowest BCUT2D eigenvalue weighted by Gasteiger charge is -2.14. The third kappa shape index (κ3) is 4.22. The minimum absolute atomic E-state index is 0.158. The summed E-state index contributed by atoms with van der Waals surface area (Å²) in [7, 11) is 0. The van der Waals surface area contributed by atoms with E-state index in [1.54, 1.807) is 0 Å². The van der Waals surface area contributed by atoms with E-state index >= 15 is 0 Å². The van der Waals surface area contributed by atoms with Crippen LogP contribution in [0.1, 0.15) is 11.1 Å². The second-order valence-electron chi connectivity index (χ2n) is 4.78. The number of nitro benzene ring substituents is 1. The van der Waals surface area contributed by atoms with Gasteiger partial charge in [0.15, 0.2) is 0 Å². The second-order valence-corrected chi connectivity index (χ2v) is 4.78. The van der Waals surface area contributed by atoms with Crippen LogP contribution in [-0.4, -0.2) is 10.8 Å². The van der Waals surface area contributed by atoms with Crippen LogP contribution >= 0.6 is 0 Å². The molecule has 6 nitrogen and oxygen atoms in total. The van der Waals surface area contributed by atoms with E-state index in [9.17, 15) is 28.1 Å². The molecule has 0 aromatic heterocycles. The number of rotatable bonds is 5. The molecule has 2 aromatic rings. The second kappa shape index (κ2) is 6.99. The van der Waals surface area contributed by atoms with Crippen molar-refractivity contribution in [3.63, 3.8) is 0 Å². The molecule has 1 amide bonds. The quantitative estimate of drug-likeness (QED) is 0.647. The molecule has 0 saturated carbocycles. The van der Waals surface area contributed by atoms with Crippen LogP contribution in [0.15, 0.2) is 48.5 Å². The molecule has 0 radical (unpaired) electrons. The van der Waals surface area contributed by atoms with Crippen molar-refractivity contribution < 1.29 is 22.9 Å². The highest BCUT2D eigenvalue weighted by molar-refractivity contribution is 5.81. The molecule has 0 unspecified atom stereocenters. The first-order chi connectivity index (χ1) is 11.3. The fourth-order valence-electron chi connectivity index (χ4n) is 2.03. The molecule has 0 aliphatic rings. The van der Waals surface area contributed by atoms with Crippen molar-refractivity contribution in [3.05, 3.63) is 69.8 Å². The molecule has 0 fully saturated rings. The van der Waals surface area contributed by atoms with E-state index in [4.69, 9.17) is 0 Å². The smallest absolute Gasteiger partial charge is 0.298 e. The molecular weight excluding hydrogens is 327 g/mol. The van der Waals surface area contributed by atoms with Crippen LogP contribution in [0.2, 0.25) is 0 Å². The highest BCUT2D eigenvalue weighted by Gasteiger charge is 2.33. The fraction of sp³-hybridized carbons (Fsp3) is 0.133. The summed E-state index contributed by atoms with van der Waals surface area (Å²) in [5.74, 6) is -0.707. The summed E-state index contributed by atoms with van der Waals surface area (Å²) in [5.41, 5.74) is 2.99. The van der Waals surface area contributed by atoms with Gasteiger partial charge >= 0.3 is 6.18 Å². The van der Waals surface area contributed by atoms with E-state index in [1.807, 2.05) is 0 Å². The average molecular weight is 339 g/mol. The predicted octanol–water partition coefficient (Wildman–Crippen LogP) is 3.30. The van der Waals surface area contributed by atoms with Crippen LogP contribution in [-0.2, 0) is 17.4 Å². The summed E-state index contributed by atoms with van der Waals surface area (Å²) >= 11 is 0. The normalized spacial score (nSPS) is 11.0. The Bertz CT molecular complexity index is 763. The molecule has 0 saturated heterocycles. The van der Waals surface area contributed by atoms with E-state index in [2.05, 4.69) is 10.9 Å². The van der Waals surface area contributed by atoms with Crippen LogP contribution in [0.3, 0.4) is 0 Å². The van der Waals surface area contributed by atoms with E-state index in [0.29, 0.717) is 0 Å². The van der Waals surface area contributed by atoms with Gasteiger partial charge in [-0.2, -0.15) is 13.2 Å². The number of nitro groups is 1. The number of halogens is 3. The Morgan fingerprint density at radius 2 is 1.71 bits per heavy atom. The topological polar surface area (TPSA) is 84.3 Å². The van der Waals surface area contributed by atoms with E-state index in [-0.39, 0.29) is 23.4 Å². The lowest BCUT2D eigenvalue weighted by molar-refractivity contribution is -0.385. The van der Waals surface area contributed by atoms with Crippen molar-refractivity contribution in [1.29, 1.82) is 0 Å². The number of anilines is 1. The molecule has 0 aliphatic heterocycles. The Hall–Kier alpha value is -3.10. The van der Waals surface area contributed by atoms with Gasteiger partial charge in [0, 0.05) is 11.6 Å². The molecule has 0 spiro atoms. The molecular formula is C15H12F3N3O3. The number of nitrogens with one attached hydrogen (secondary N) is 2. The van der Waals surface area contributed by atoms with E-state index in [0.717, 1.165) is 12.1 Å². The number of nitrogens with zero attached hydrogens (tertiary/aromatic N) is 1. The van der Waals surface area contributed by atoms with Gasteiger partial charge in [0.25, 0.3) is 5.69 Å². The maximum atomic E-state index is 12.8. The zero-order valence-corrected chi connectivity index (χ0v) is 12.1. The van der Waals surface area contributed by atoms with Gasteiger partial charge in [-0.25, -0.2) is 0 Å². The summed E-state index contributed by atoms with van der Waals surface area (Å²) in [6.45, 7) is 0. The Morgan fingerprint density at radius 3 is 2.38 bits per heavy atom. The number of alkyl halides is 3. The van der Waals surface area contributed by atoms with Crippen LogP contribution in [0.5, 0.6) is 0 Å². The monoisotopic (exact) mass is 339 g/mol. The highest BCUT2D eigenvalue weighted by Crippen LogP contribution is 2.34. The minimum atomic E-state index is -4.58. The summed E-state index contributed by atoms with van der Waals surface area (Å²) in [5, 5.41) is 10.9. The first-order valence-electron chi connectivity index (χ1n) is 6.72. The lowest BCUT2D eigenvalue weighted by Crippen LogP contribution is -2.31. The third-order valence-electron chi connectivity index (χ3n) is 3.11. The van der Waals surface area contributed by atoms with Gasteiger partial charge in [0.1, 0.15) is 0 Å². The van der Waals surface area contributed by atoms with E-state index < -0.39 is 22.6 Å².